The van der Waals surface area contributed by atoms with Crippen LogP contribution in [0.3, 0.4) is 0 Å². The summed E-state index contributed by atoms with van der Waals surface area (Å²) in [5.41, 5.74) is 0.744. The van der Waals surface area contributed by atoms with Crippen LogP contribution in [0.4, 0.5) is 0 Å². The number of nitrogens with zero attached hydrogens (tertiary/aromatic N) is 2. The Kier molecular flexibility index (Phi) is 4.48. The summed E-state index contributed by atoms with van der Waals surface area (Å²) in [6.07, 6.45) is 2.48. The van der Waals surface area contributed by atoms with Gasteiger partial charge in [0, 0.05) is 6.04 Å². The molecule has 1 heterocycles. The molecule has 1 aliphatic heterocycles. The SMILES string of the molecule is CC#C/C(C)=N\OC[C@H]1CCCN1C. The molecular formula is C11H18N2O. The van der Waals surface area contributed by atoms with Crippen LogP contribution in [0.25, 0.3) is 0 Å². The minimum Gasteiger partial charge on any atom is -0.393 e. The van der Waals surface area contributed by atoms with Gasteiger partial charge in [0.15, 0.2) is 0 Å². The van der Waals surface area contributed by atoms with Crippen LogP contribution in [0, 0.1) is 11.8 Å². The first-order valence-corrected chi connectivity index (χ1v) is 5.03. The Morgan fingerprint density at radius 2 is 2.43 bits per heavy atom. The summed E-state index contributed by atoms with van der Waals surface area (Å²) >= 11 is 0. The Morgan fingerprint density at radius 1 is 1.64 bits per heavy atom. The number of rotatable bonds is 3. The molecule has 1 aliphatic rings. The van der Waals surface area contributed by atoms with Crippen molar-refractivity contribution in [3.8, 4) is 11.8 Å². The lowest BCUT2D eigenvalue weighted by Gasteiger charge is -2.17. The van der Waals surface area contributed by atoms with Crippen LogP contribution in [0.5, 0.6) is 0 Å². The summed E-state index contributed by atoms with van der Waals surface area (Å²) in [6.45, 7) is 5.50. The summed E-state index contributed by atoms with van der Waals surface area (Å²) in [5, 5.41) is 3.93. The maximum absolute atomic E-state index is 5.25. The second-order valence-electron chi connectivity index (χ2n) is 3.62. The Hall–Kier alpha value is -1.01. The van der Waals surface area contributed by atoms with E-state index in [2.05, 4.69) is 28.9 Å². The van der Waals surface area contributed by atoms with Crippen molar-refractivity contribution in [2.45, 2.75) is 32.7 Å². The lowest BCUT2D eigenvalue weighted by atomic mass is 10.2. The summed E-state index contributed by atoms with van der Waals surface area (Å²) in [7, 11) is 2.13. The highest BCUT2D eigenvalue weighted by Crippen LogP contribution is 2.14. The first kappa shape index (κ1) is 11.1. The van der Waals surface area contributed by atoms with Gasteiger partial charge in [-0.25, -0.2) is 0 Å². The average molecular weight is 194 g/mol. The highest BCUT2D eigenvalue weighted by atomic mass is 16.6. The standard InChI is InChI=1S/C11H18N2O/c1-4-6-10(2)12-14-9-11-7-5-8-13(11)3/h11H,5,7-9H2,1-3H3/b12-10-/t11-/m1/s1. The van der Waals surface area contributed by atoms with Crippen LogP contribution in [-0.2, 0) is 4.84 Å². The molecule has 0 bridgehead atoms. The zero-order valence-corrected chi connectivity index (χ0v) is 9.21. The highest BCUT2D eigenvalue weighted by Gasteiger charge is 2.20. The molecule has 0 aromatic carbocycles. The first-order valence-electron chi connectivity index (χ1n) is 5.03. The predicted octanol–water partition coefficient (Wildman–Crippen LogP) is 1.50. The van der Waals surface area contributed by atoms with Crippen molar-refractivity contribution in [3.05, 3.63) is 0 Å². The third-order valence-corrected chi connectivity index (χ3v) is 2.45. The monoisotopic (exact) mass is 194 g/mol. The first-order chi connectivity index (χ1) is 6.74. The Morgan fingerprint density at radius 3 is 3.00 bits per heavy atom. The topological polar surface area (TPSA) is 24.8 Å². The molecule has 0 spiro atoms. The number of oxime groups is 1. The summed E-state index contributed by atoms with van der Waals surface area (Å²) in [4.78, 5) is 7.56. The smallest absolute Gasteiger partial charge is 0.132 e. The van der Waals surface area contributed by atoms with E-state index in [1.807, 2.05) is 6.92 Å². The molecule has 1 rings (SSSR count). The van der Waals surface area contributed by atoms with E-state index in [-0.39, 0.29) is 0 Å². The molecule has 0 aliphatic carbocycles. The minimum atomic E-state index is 0.529. The van der Waals surface area contributed by atoms with Crippen LogP contribution in [0.15, 0.2) is 5.16 Å². The second-order valence-corrected chi connectivity index (χ2v) is 3.62. The van der Waals surface area contributed by atoms with E-state index in [4.69, 9.17) is 4.84 Å². The molecule has 14 heavy (non-hydrogen) atoms. The van der Waals surface area contributed by atoms with Crippen molar-refractivity contribution in [3.63, 3.8) is 0 Å². The van der Waals surface area contributed by atoms with Crippen molar-refractivity contribution < 1.29 is 4.84 Å². The quantitative estimate of drug-likeness (QED) is 0.386. The number of likely N-dealkylation sites (N-methyl/N-ethyl adjacent to an activating group) is 1. The zero-order chi connectivity index (χ0) is 10.4. The molecule has 0 unspecified atom stereocenters. The highest BCUT2D eigenvalue weighted by molar-refractivity contribution is 5.97. The van der Waals surface area contributed by atoms with Crippen LogP contribution < -0.4 is 0 Å². The molecule has 0 saturated carbocycles. The molecule has 3 heteroatoms. The molecule has 0 aromatic rings. The minimum absolute atomic E-state index is 0.529. The van der Waals surface area contributed by atoms with Crippen LogP contribution in [0.1, 0.15) is 26.7 Å². The predicted molar refractivity (Wildman–Crippen MR) is 58.2 cm³/mol. The van der Waals surface area contributed by atoms with Crippen molar-refractivity contribution in [2.75, 3.05) is 20.2 Å². The van der Waals surface area contributed by atoms with Gasteiger partial charge in [0.2, 0.25) is 0 Å². The maximum Gasteiger partial charge on any atom is 0.132 e. The Labute approximate surface area is 86.1 Å². The fourth-order valence-electron chi connectivity index (χ4n) is 1.61. The zero-order valence-electron chi connectivity index (χ0n) is 9.21. The average Bonchev–Trinajstić information content (AvgIpc) is 2.52. The van der Waals surface area contributed by atoms with Crippen molar-refractivity contribution >= 4 is 5.71 Å². The van der Waals surface area contributed by atoms with Gasteiger partial charge in [0.1, 0.15) is 12.3 Å². The van der Waals surface area contributed by atoms with E-state index < -0.39 is 0 Å². The molecule has 0 aromatic heterocycles. The summed E-state index contributed by atoms with van der Waals surface area (Å²) in [6, 6.07) is 0.529. The van der Waals surface area contributed by atoms with E-state index in [9.17, 15) is 0 Å². The fourth-order valence-corrected chi connectivity index (χ4v) is 1.61. The van der Waals surface area contributed by atoms with Gasteiger partial charge < -0.3 is 4.84 Å². The van der Waals surface area contributed by atoms with E-state index in [1.54, 1.807) is 6.92 Å². The Bertz CT molecular complexity index is 262. The molecule has 78 valence electrons. The summed E-state index contributed by atoms with van der Waals surface area (Å²) < 4.78 is 0. The molecule has 0 N–H and O–H groups in total. The molecule has 1 saturated heterocycles. The molecule has 0 radical (unpaired) electrons. The normalized spacial score (nSPS) is 23.1. The lowest BCUT2D eigenvalue weighted by molar-refractivity contribution is 0.0921. The fraction of sp³-hybridized carbons (Fsp3) is 0.727. The van der Waals surface area contributed by atoms with Gasteiger partial charge in [-0.2, -0.15) is 0 Å². The van der Waals surface area contributed by atoms with Crippen molar-refractivity contribution in [1.82, 2.24) is 4.90 Å². The number of hydrogen-bond donors (Lipinski definition) is 0. The molecule has 1 atom stereocenters. The van der Waals surface area contributed by atoms with Gasteiger partial charge in [-0.1, -0.05) is 11.1 Å². The molecular weight excluding hydrogens is 176 g/mol. The van der Waals surface area contributed by atoms with Crippen molar-refractivity contribution in [2.24, 2.45) is 5.16 Å². The number of likely N-dealkylation sites (tertiary alicyclic amines) is 1. The molecule has 1 fully saturated rings. The van der Waals surface area contributed by atoms with Crippen LogP contribution >= 0.6 is 0 Å². The van der Waals surface area contributed by atoms with Gasteiger partial charge in [-0.05, 0) is 46.2 Å². The molecule has 0 amide bonds. The Balaban J connectivity index is 2.25. The van der Waals surface area contributed by atoms with Gasteiger partial charge in [-0.3, -0.25) is 4.90 Å². The van der Waals surface area contributed by atoms with Gasteiger partial charge in [-0.15, -0.1) is 0 Å². The van der Waals surface area contributed by atoms with Gasteiger partial charge >= 0.3 is 0 Å². The summed E-state index contributed by atoms with van der Waals surface area (Å²) in [5.74, 6) is 5.63. The van der Waals surface area contributed by atoms with E-state index in [1.165, 1.54) is 19.4 Å². The van der Waals surface area contributed by atoms with Crippen LogP contribution in [-0.4, -0.2) is 36.9 Å². The van der Waals surface area contributed by atoms with Crippen LogP contribution in [0.2, 0.25) is 0 Å². The number of hydrogen-bond acceptors (Lipinski definition) is 3. The second kappa shape index (κ2) is 5.66. The molecule has 3 nitrogen and oxygen atoms in total. The third kappa shape index (κ3) is 3.39. The van der Waals surface area contributed by atoms with E-state index in [0.29, 0.717) is 12.6 Å². The van der Waals surface area contributed by atoms with E-state index in [0.717, 1.165) is 5.71 Å². The third-order valence-electron chi connectivity index (χ3n) is 2.45. The lowest BCUT2D eigenvalue weighted by Crippen LogP contribution is -2.28. The van der Waals surface area contributed by atoms with Crippen molar-refractivity contribution in [1.29, 1.82) is 0 Å². The van der Waals surface area contributed by atoms with E-state index >= 15 is 0 Å². The maximum atomic E-state index is 5.25. The largest absolute Gasteiger partial charge is 0.393 e. The van der Waals surface area contributed by atoms with Gasteiger partial charge in [0.25, 0.3) is 0 Å². The van der Waals surface area contributed by atoms with Gasteiger partial charge in [0.05, 0.1) is 0 Å².